The maximum absolute atomic E-state index is 13.0. The fourth-order valence-corrected chi connectivity index (χ4v) is 5.21. The quantitative estimate of drug-likeness (QED) is 0.747. The van der Waals surface area contributed by atoms with E-state index < -0.39 is 15.9 Å². The summed E-state index contributed by atoms with van der Waals surface area (Å²) in [4.78, 5) is 12.8. The largest absolute Gasteiger partial charge is 0.350 e. The monoisotopic (exact) mass is 428 g/mol. The third-order valence-electron chi connectivity index (χ3n) is 5.10. The molecule has 0 saturated carbocycles. The zero-order valence-corrected chi connectivity index (χ0v) is 17.8. The van der Waals surface area contributed by atoms with Crippen molar-refractivity contribution in [3.8, 4) is 0 Å². The Morgan fingerprint density at radius 3 is 2.79 bits per heavy atom. The number of nitrogens with zero attached hydrogens (tertiary/aromatic N) is 5. The Balaban J connectivity index is 1.66. The number of aryl methyl sites for hydroxylation is 2. The van der Waals surface area contributed by atoms with E-state index in [9.17, 15) is 13.2 Å². The van der Waals surface area contributed by atoms with Crippen molar-refractivity contribution in [3.63, 3.8) is 0 Å². The molecule has 1 saturated heterocycles. The van der Waals surface area contributed by atoms with Crippen molar-refractivity contribution in [1.29, 1.82) is 0 Å². The number of piperidine rings is 1. The van der Waals surface area contributed by atoms with Crippen LogP contribution in [0.3, 0.4) is 0 Å². The summed E-state index contributed by atoms with van der Waals surface area (Å²) in [7, 11) is -1.98. The summed E-state index contributed by atoms with van der Waals surface area (Å²) in [5.74, 6) is -0.600. The van der Waals surface area contributed by atoms with Gasteiger partial charge in [0.1, 0.15) is 10.6 Å². The molecule has 3 heterocycles. The maximum atomic E-state index is 13.0. The lowest BCUT2D eigenvalue weighted by atomic mass is 9.99. The predicted molar refractivity (Wildman–Crippen MR) is 104 cm³/mol. The first-order valence-electron chi connectivity index (χ1n) is 9.22. The molecule has 1 N–H and O–H groups in total. The standard InChI is InChI=1S/C17H25ClN6O3S/c1-4-23-11-14(18)15(21-23)8-19-17(25)13-6-5-7-24(10-13)28(26,27)16-9-20-22(3)12(16)2/h9,11,13H,4-8,10H2,1-3H3,(H,19,25). The summed E-state index contributed by atoms with van der Waals surface area (Å²) < 4.78 is 30.5. The molecular formula is C17H25ClN6O3S. The smallest absolute Gasteiger partial charge is 0.246 e. The molecule has 0 radical (unpaired) electrons. The molecular weight excluding hydrogens is 404 g/mol. The van der Waals surface area contributed by atoms with Gasteiger partial charge in [-0.05, 0) is 26.7 Å². The first-order chi connectivity index (χ1) is 13.2. The normalized spacial score (nSPS) is 18.4. The van der Waals surface area contributed by atoms with E-state index in [4.69, 9.17) is 11.6 Å². The zero-order valence-electron chi connectivity index (χ0n) is 16.2. The first-order valence-corrected chi connectivity index (χ1v) is 11.0. The van der Waals surface area contributed by atoms with Gasteiger partial charge in [-0.1, -0.05) is 11.6 Å². The average Bonchev–Trinajstić information content (AvgIpc) is 3.22. The summed E-state index contributed by atoms with van der Waals surface area (Å²) in [6.07, 6.45) is 4.34. The number of halogens is 1. The fourth-order valence-electron chi connectivity index (χ4n) is 3.28. The Morgan fingerprint density at radius 2 is 2.18 bits per heavy atom. The van der Waals surface area contributed by atoms with Crippen LogP contribution in [0.25, 0.3) is 0 Å². The minimum atomic E-state index is -3.68. The molecule has 11 heteroatoms. The second-order valence-corrected chi connectivity index (χ2v) is 9.23. The molecule has 3 rings (SSSR count). The number of aromatic nitrogens is 4. The molecule has 1 aliphatic rings. The van der Waals surface area contributed by atoms with Crippen molar-refractivity contribution < 1.29 is 13.2 Å². The van der Waals surface area contributed by atoms with E-state index in [0.29, 0.717) is 42.3 Å². The number of amides is 1. The number of carbonyl (C=O) groups is 1. The summed E-state index contributed by atoms with van der Waals surface area (Å²) in [6.45, 7) is 5.12. The molecule has 1 aliphatic heterocycles. The first kappa shape index (κ1) is 20.8. The van der Waals surface area contributed by atoms with Gasteiger partial charge < -0.3 is 5.32 Å². The van der Waals surface area contributed by atoms with Crippen LogP contribution in [0.5, 0.6) is 0 Å². The molecule has 0 aliphatic carbocycles. The highest BCUT2D eigenvalue weighted by Gasteiger charge is 2.35. The van der Waals surface area contributed by atoms with Crippen LogP contribution in [0.4, 0.5) is 0 Å². The van der Waals surface area contributed by atoms with Gasteiger partial charge in [-0.3, -0.25) is 14.2 Å². The summed E-state index contributed by atoms with van der Waals surface area (Å²) in [6, 6.07) is 0. The second-order valence-electron chi connectivity index (χ2n) is 6.92. The van der Waals surface area contributed by atoms with Crippen molar-refractivity contribution in [1.82, 2.24) is 29.2 Å². The third-order valence-corrected chi connectivity index (χ3v) is 7.39. The van der Waals surface area contributed by atoms with E-state index >= 15 is 0 Å². The van der Waals surface area contributed by atoms with E-state index in [2.05, 4.69) is 15.5 Å². The molecule has 0 aromatic carbocycles. The molecule has 2 aromatic heterocycles. The van der Waals surface area contributed by atoms with E-state index in [1.54, 1.807) is 24.9 Å². The molecule has 1 amide bonds. The minimum absolute atomic E-state index is 0.152. The lowest BCUT2D eigenvalue weighted by molar-refractivity contribution is -0.126. The van der Waals surface area contributed by atoms with Gasteiger partial charge in [0.25, 0.3) is 0 Å². The van der Waals surface area contributed by atoms with Crippen LogP contribution in [-0.4, -0.2) is 51.3 Å². The fraction of sp³-hybridized carbons (Fsp3) is 0.588. The van der Waals surface area contributed by atoms with Crippen molar-refractivity contribution in [2.75, 3.05) is 13.1 Å². The van der Waals surface area contributed by atoms with Crippen LogP contribution in [0.2, 0.25) is 5.02 Å². The Morgan fingerprint density at radius 1 is 1.43 bits per heavy atom. The summed E-state index contributed by atoms with van der Waals surface area (Å²) in [5.41, 5.74) is 1.18. The van der Waals surface area contributed by atoms with Crippen molar-refractivity contribution in [2.24, 2.45) is 13.0 Å². The topological polar surface area (TPSA) is 102 Å². The number of hydrogen-bond acceptors (Lipinski definition) is 5. The molecule has 9 nitrogen and oxygen atoms in total. The van der Waals surface area contributed by atoms with Gasteiger partial charge in [0, 0.05) is 32.9 Å². The van der Waals surface area contributed by atoms with Crippen LogP contribution < -0.4 is 5.32 Å². The average molecular weight is 429 g/mol. The molecule has 0 spiro atoms. The van der Waals surface area contributed by atoms with Gasteiger partial charge in [-0.2, -0.15) is 14.5 Å². The van der Waals surface area contributed by atoms with Gasteiger partial charge >= 0.3 is 0 Å². The summed E-state index contributed by atoms with van der Waals surface area (Å²) in [5, 5.41) is 11.7. The van der Waals surface area contributed by atoms with E-state index in [0.717, 1.165) is 0 Å². The molecule has 1 atom stereocenters. The van der Waals surface area contributed by atoms with Gasteiger partial charge in [0.15, 0.2) is 0 Å². The van der Waals surface area contributed by atoms with E-state index in [-0.39, 0.29) is 23.9 Å². The Hall–Kier alpha value is -1.91. The number of nitrogens with one attached hydrogen (secondary N) is 1. The van der Waals surface area contributed by atoms with Gasteiger partial charge in [0.2, 0.25) is 15.9 Å². The van der Waals surface area contributed by atoms with Gasteiger partial charge in [-0.25, -0.2) is 8.42 Å². The second kappa shape index (κ2) is 8.22. The molecule has 28 heavy (non-hydrogen) atoms. The number of sulfonamides is 1. The molecule has 154 valence electrons. The van der Waals surface area contributed by atoms with Crippen LogP contribution >= 0.6 is 11.6 Å². The highest BCUT2D eigenvalue weighted by atomic mass is 35.5. The van der Waals surface area contributed by atoms with Gasteiger partial charge in [-0.15, -0.1) is 0 Å². The number of hydrogen-bond donors (Lipinski definition) is 1. The molecule has 1 fully saturated rings. The van der Waals surface area contributed by atoms with E-state index in [1.807, 2.05) is 6.92 Å². The van der Waals surface area contributed by atoms with Crippen LogP contribution in [0.15, 0.2) is 17.3 Å². The van der Waals surface area contributed by atoms with Gasteiger partial charge in [0.05, 0.1) is 29.4 Å². The highest BCUT2D eigenvalue weighted by Crippen LogP contribution is 2.25. The highest BCUT2D eigenvalue weighted by molar-refractivity contribution is 7.89. The Bertz CT molecular complexity index is 968. The Labute approximate surface area is 169 Å². The zero-order chi connectivity index (χ0) is 20.5. The molecule has 2 aromatic rings. The lowest BCUT2D eigenvalue weighted by Gasteiger charge is -2.31. The molecule has 0 bridgehead atoms. The summed E-state index contributed by atoms with van der Waals surface area (Å²) >= 11 is 6.13. The predicted octanol–water partition coefficient (Wildman–Crippen LogP) is 1.32. The lowest BCUT2D eigenvalue weighted by Crippen LogP contribution is -2.45. The number of carbonyl (C=O) groups excluding carboxylic acids is 1. The van der Waals surface area contributed by atoms with Crippen LogP contribution in [-0.2, 0) is 35.0 Å². The van der Waals surface area contributed by atoms with E-state index in [1.165, 1.54) is 15.2 Å². The van der Waals surface area contributed by atoms with Crippen molar-refractivity contribution in [2.45, 2.75) is 44.7 Å². The SMILES string of the molecule is CCn1cc(Cl)c(CNC(=O)C2CCCN(S(=O)(=O)c3cnn(C)c3C)C2)n1. The van der Waals surface area contributed by atoms with Crippen molar-refractivity contribution in [3.05, 3.63) is 28.8 Å². The number of rotatable bonds is 6. The van der Waals surface area contributed by atoms with Crippen LogP contribution in [0.1, 0.15) is 31.2 Å². The Kier molecular flexibility index (Phi) is 6.11. The maximum Gasteiger partial charge on any atom is 0.246 e. The van der Waals surface area contributed by atoms with Crippen molar-refractivity contribution >= 4 is 27.5 Å². The minimum Gasteiger partial charge on any atom is -0.350 e. The molecule has 1 unspecified atom stereocenters. The third kappa shape index (κ3) is 4.08. The van der Waals surface area contributed by atoms with Crippen LogP contribution in [0, 0.1) is 12.8 Å².